The highest BCUT2D eigenvalue weighted by Gasteiger charge is 2.17. The first-order valence-corrected chi connectivity index (χ1v) is 8.18. The maximum atomic E-state index is 11.6. The highest BCUT2D eigenvalue weighted by molar-refractivity contribution is 5.69. The lowest BCUT2D eigenvalue weighted by atomic mass is 9.98. The molecule has 4 nitrogen and oxygen atoms in total. The Hall–Kier alpha value is -0.610. The quantitative estimate of drug-likeness (QED) is 0.431. The van der Waals surface area contributed by atoms with Crippen molar-refractivity contribution in [1.82, 2.24) is 0 Å². The van der Waals surface area contributed by atoms with Crippen LogP contribution in [0.5, 0.6) is 0 Å². The number of hydrogen-bond donors (Lipinski definition) is 0. The molecule has 1 saturated carbocycles. The zero-order chi connectivity index (χ0) is 14.5. The first kappa shape index (κ1) is 17.4. The van der Waals surface area contributed by atoms with Crippen molar-refractivity contribution < 1.29 is 19.0 Å². The Morgan fingerprint density at radius 2 is 1.60 bits per heavy atom. The first-order valence-electron chi connectivity index (χ1n) is 8.18. The predicted molar refractivity (Wildman–Crippen MR) is 78.7 cm³/mol. The van der Waals surface area contributed by atoms with Crippen LogP contribution in [0.3, 0.4) is 0 Å². The third kappa shape index (κ3) is 9.32. The topological polar surface area (TPSA) is 44.8 Å². The summed E-state index contributed by atoms with van der Waals surface area (Å²) in [5, 5.41) is 0. The fraction of sp³-hybridized carbons (Fsp3) is 0.938. The summed E-state index contributed by atoms with van der Waals surface area (Å²) >= 11 is 0. The SMILES string of the molecule is CCCCOCCOCCCC(=O)OC1CCCCC1. The van der Waals surface area contributed by atoms with Gasteiger partial charge in [-0.15, -0.1) is 0 Å². The van der Waals surface area contributed by atoms with Crippen LogP contribution in [0.4, 0.5) is 0 Å². The number of hydrogen-bond acceptors (Lipinski definition) is 4. The first-order chi connectivity index (χ1) is 9.83. The number of carbonyl (C=O) groups is 1. The van der Waals surface area contributed by atoms with E-state index in [1.165, 1.54) is 19.3 Å². The fourth-order valence-corrected chi connectivity index (χ4v) is 2.31. The summed E-state index contributed by atoms with van der Waals surface area (Å²) in [7, 11) is 0. The molecule has 0 aromatic rings. The van der Waals surface area contributed by atoms with E-state index in [0.717, 1.165) is 38.7 Å². The van der Waals surface area contributed by atoms with Crippen molar-refractivity contribution in [2.45, 2.75) is 70.8 Å². The average molecular weight is 286 g/mol. The molecular weight excluding hydrogens is 256 g/mol. The number of ether oxygens (including phenoxy) is 3. The van der Waals surface area contributed by atoms with E-state index in [4.69, 9.17) is 14.2 Å². The molecular formula is C16H30O4. The maximum absolute atomic E-state index is 11.6. The fourth-order valence-electron chi connectivity index (χ4n) is 2.31. The van der Waals surface area contributed by atoms with Crippen molar-refractivity contribution in [2.75, 3.05) is 26.4 Å². The molecule has 4 heteroatoms. The van der Waals surface area contributed by atoms with E-state index in [1.54, 1.807) is 0 Å². The van der Waals surface area contributed by atoms with E-state index in [1.807, 2.05) is 0 Å². The van der Waals surface area contributed by atoms with E-state index < -0.39 is 0 Å². The zero-order valence-corrected chi connectivity index (χ0v) is 12.9. The van der Waals surface area contributed by atoms with Gasteiger partial charge in [-0.3, -0.25) is 4.79 Å². The van der Waals surface area contributed by atoms with Crippen molar-refractivity contribution in [1.29, 1.82) is 0 Å². The lowest BCUT2D eigenvalue weighted by molar-refractivity contribution is -0.150. The molecule has 0 spiro atoms. The summed E-state index contributed by atoms with van der Waals surface area (Å²) in [6.07, 6.45) is 9.38. The highest BCUT2D eigenvalue weighted by Crippen LogP contribution is 2.20. The van der Waals surface area contributed by atoms with Crippen molar-refractivity contribution >= 4 is 5.97 Å². The summed E-state index contributed by atoms with van der Waals surface area (Å²) in [6.45, 7) is 4.82. The van der Waals surface area contributed by atoms with Crippen LogP contribution in [0.1, 0.15) is 64.7 Å². The van der Waals surface area contributed by atoms with Gasteiger partial charge >= 0.3 is 5.97 Å². The van der Waals surface area contributed by atoms with Gasteiger partial charge in [-0.2, -0.15) is 0 Å². The van der Waals surface area contributed by atoms with Gasteiger partial charge in [0.2, 0.25) is 0 Å². The minimum Gasteiger partial charge on any atom is -0.462 e. The van der Waals surface area contributed by atoms with Crippen molar-refractivity contribution in [3.05, 3.63) is 0 Å². The van der Waals surface area contributed by atoms with Crippen LogP contribution in [-0.4, -0.2) is 38.5 Å². The average Bonchev–Trinajstić information content (AvgIpc) is 2.46. The molecule has 0 amide bonds. The normalized spacial score (nSPS) is 16.2. The Morgan fingerprint density at radius 1 is 0.950 bits per heavy atom. The van der Waals surface area contributed by atoms with Gasteiger partial charge in [0.15, 0.2) is 0 Å². The minimum atomic E-state index is -0.0697. The van der Waals surface area contributed by atoms with Crippen LogP contribution in [0.2, 0.25) is 0 Å². The van der Waals surface area contributed by atoms with Crippen molar-refractivity contribution in [2.24, 2.45) is 0 Å². The molecule has 118 valence electrons. The molecule has 0 saturated heterocycles. The van der Waals surface area contributed by atoms with Gasteiger partial charge in [-0.25, -0.2) is 0 Å². The molecule has 0 aromatic carbocycles. The van der Waals surface area contributed by atoms with Crippen molar-refractivity contribution in [3.8, 4) is 0 Å². The van der Waals surface area contributed by atoms with Crippen LogP contribution in [-0.2, 0) is 19.0 Å². The minimum absolute atomic E-state index is 0.0697. The summed E-state index contributed by atoms with van der Waals surface area (Å²) in [4.78, 5) is 11.6. The smallest absolute Gasteiger partial charge is 0.306 e. The lowest BCUT2D eigenvalue weighted by Crippen LogP contribution is -2.21. The molecule has 0 atom stereocenters. The molecule has 0 radical (unpaired) electrons. The zero-order valence-electron chi connectivity index (χ0n) is 12.9. The third-order valence-electron chi connectivity index (χ3n) is 3.53. The second-order valence-corrected chi connectivity index (χ2v) is 5.43. The molecule has 0 N–H and O–H groups in total. The predicted octanol–water partition coefficient (Wildman–Crippen LogP) is 3.48. The Kier molecular flexibility index (Phi) is 10.6. The van der Waals surface area contributed by atoms with Gasteiger partial charge in [0, 0.05) is 19.6 Å². The van der Waals surface area contributed by atoms with Gasteiger partial charge in [0.1, 0.15) is 6.10 Å². The molecule has 0 bridgehead atoms. The molecule has 0 aliphatic heterocycles. The number of rotatable bonds is 11. The highest BCUT2D eigenvalue weighted by atomic mass is 16.5. The van der Waals surface area contributed by atoms with E-state index in [2.05, 4.69) is 6.92 Å². The molecule has 1 fully saturated rings. The molecule has 0 unspecified atom stereocenters. The van der Waals surface area contributed by atoms with E-state index in [-0.39, 0.29) is 12.1 Å². The second-order valence-electron chi connectivity index (χ2n) is 5.43. The summed E-state index contributed by atoms with van der Waals surface area (Å²) in [5.74, 6) is -0.0697. The molecule has 0 aromatic heterocycles. The van der Waals surface area contributed by atoms with Crippen LogP contribution in [0, 0.1) is 0 Å². The van der Waals surface area contributed by atoms with Crippen LogP contribution < -0.4 is 0 Å². The maximum Gasteiger partial charge on any atom is 0.306 e. The van der Waals surface area contributed by atoms with Gasteiger partial charge in [0.25, 0.3) is 0 Å². The molecule has 1 rings (SSSR count). The van der Waals surface area contributed by atoms with Gasteiger partial charge in [0.05, 0.1) is 13.2 Å². The van der Waals surface area contributed by atoms with E-state index in [0.29, 0.717) is 26.2 Å². The molecule has 1 aliphatic rings. The second kappa shape index (κ2) is 12.2. The van der Waals surface area contributed by atoms with Crippen LogP contribution in [0.25, 0.3) is 0 Å². The number of esters is 1. The standard InChI is InChI=1S/C16H30O4/c1-2-3-11-18-13-14-19-12-7-10-16(17)20-15-8-5-4-6-9-15/h15H,2-14H2,1H3. The van der Waals surface area contributed by atoms with E-state index >= 15 is 0 Å². The Labute approximate surface area is 123 Å². The molecule has 0 heterocycles. The summed E-state index contributed by atoms with van der Waals surface area (Å²) < 4.78 is 16.3. The molecule has 20 heavy (non-hydrogen) atoms. The number of unbranched alkanes of at least 4 members (excludes halogenated alkanes) is 1. The molecule has 1 aliphatic carbocycles. The monoisotopic (exact) mass is 286 g/mol. The van der Waals surface area contributed by atoms with Crippen molar-refractivity contribution in [3.63, 3.8) is 0 Å². The van der Waals surface area contributed by atoms with Crippen LogP contribution >= 0.6 is 0 Å². The van der Waals surface area contributed by atoms with Gasteiger partial charge < -0.3 is 14.2 Å². The van der Waals surface area contributed by atoms with Gasteiger partial charge in [-0.05, 0) is 38.5 Å². The van der Waals surface area contributed by atoms with E-state index in [9.17, 15) is 4.79 Å². The summed E-state index contributed by atoms with van der Waals surface area (Å²) in [5.41, 5.74) is 0. The Morgan fingerprint density at radius 3 is 2.25 bits per heavy atom. The third-order valence-corrected chi connectivity index (χ3v) is 3.53. The lowest BCUT2D eigenvalue weighted by Gasteiger charge is -2.21. The van der Waals surface area contributed by atoms with Crippen LogP contribution in [0.15, 0.2) is 0 Å². The van der Waals surface area contributed by atoms with Gasteiger partial charge in [-0.1, -0.05) is 19.8 Å². The Balaban J connectivity index is 1.84. The summed E-state index contributed by atoms with van der Waals surface area (Å²) in [6, 6.07) is 0. The Bertz CT molecular complexity index is 237. The number of carbonyl (C=O) groups excluding carboxylic acids is 1. The largest absolute Gasteiger partial charge is 0.462 e.